The number of carbonyl (C=O) groups excluding carboxylic acids is 3. The molecule has 0 aromatic rings. The van der Waals surface area contributed by atoms with Gasteiger partial charge < -0.3 is 9.53 Å². The summed E-state index contributed by atoms with van der Waals surface area (Å²) in [6.45, 7) is 5.21. The molecule has 0 aromatic heterocycles. The third-order valence-electron chi connectivity index (χ3n) is 4.79. The highest BCUT2D eigenvalue weighted by molar-refractivity contribution is 5.81. The van der Waals surface area contributed by atoms with Crippen LogP contribution in [0.25, 0.3) is 0 Å². The van der Waals surface area contributed by atoms with Crippen molar-refractivity contribution in [2.75, 3.05) is 0 Å². The number of hydrogen-bond acceptors (Lipinski definition) is 4. The van der Waals surface area contributed by atoms with Gasteiger partial charge in [-0.15, -0.1) is 0 Å². The Morgan fingerprint density at radius 1 is 1.39 bits per heavy atom. The van der Waals surface area contributed by atoms with E-state index in [0.717, 1.165) is 12.7 Å². The molecule has 0 heterocycles. The van der Waals surface area contributed by atoms with Gasteiger partial charge in [0.15, 0.2) is 0 Å². The molecule has 0 unspecified atom stereocenters. The summed E-state index contributed by atoms with van der Waals surface area (Å²) < 4.78 is 5.29. The first-order chi connectivity index (χ1) is 8.38. The van der Waals surface area contributed by atoms with Crippen LogP contribution in [0.4, 0.5) is 0 Å². The second kappa shape index (κ2) is 4.18. The van der Waals surface area contributed by atoms with Gasteiger partial charge in [-0.05, 0) is 18.3 Å². The van der Waals surface area contributed by atoms with Crippen LogP contribution in [0.5, 0.6) is 0 Å². The summed E-state index contributed by atoms with van der Waals surface area (Å²) in [5, 5.41) is 0. The van der Waals surface area contributed by atoms with Crippen molar-refractivity contribution in [2.24, 2.45) is 16.7 Å². The van der Waals surface area contributed by atoms with Crippen LogP contribution in [0.2, 0.25) is 0 Å². The Balaban J connectivity index is 2.18. The number of hydrogen-bond donors (Lipinski definition) is 0. The molecule has 0 spiro atoms. The van der Waals surface area contributed by atoms with Gasteiger partial charge in [-0.25, -0.2) is 0 Å². The molecule has 0 bridgehead atoms. The maximum Gasteiger partial charge on any atom is 0.302 e. The van der Waals surface area contributed by atoms with E-state index in [1.54, 1.807) is 0 Å². The second-order valence-corrected chi connectivity index (χ2v) is 5.95. The van der Waals surface area contributed by atoms with Gasteiger partial charge >= 0.3 is 5.97 Å². The fraction of sp³-hybridized carbons (Fsp3) is 0.786. The first kappa shape index (κ1) is 13.2. The van der Waals surface area contributed by atoms with Crippen molar-refractivity contribution in [1.29, 1.82) is 0 Å². The van der Waals surface area contributed by atoms with Crippen molar-refractivity contribution in [3.63, 3.8) is 0 Å². The average Bonchev–Trinajstić information content (AvgIpc) is 2.99. The fourth-order valence-corrected chi connectivity index (χ4v) is 3.65. The normalized spacial score (nSPS) is 41.1. The van der Waals surface area contributed by atoms with Crippen LogP contribution < -0.4 is 0 Å². The first-order valence-corrected chi connectivity index (χ1v) is 6.54. The Bertz CT molecular complexity index is 403. The molecule has 0 saturated heterocycles. The highest BCUT2D eigenvalue weighted by Gasteiger charge is 2.73. The van der Waals surface area contributed by atoms with Crippen LogP contribution in [-0.2, 0) is 19.1 Å². The van der Waals surface area contributed by atoms with Crippen molar-refractivity contribution in [1.82, 2.24) is 0 Å². The molecule has 0 aliphatic heterocycles. The standard InChI is InChI=1S/C14H20O4/c1-4-10(17)5-13(3)7-12(18-9(2)16)11-6-14(11,13)8-15/h8,11-12H,4-7H2,1-3H3/t11-,12-,13+,14+/m0/s1. The number of fused-ring (bicyclic) bond motifs is 1. The topological polar surface area (TPSA) is 60.4 Å². The maximum absolute atomic E-state index is 11.7. The van der Waals surface area contributed by atoms with E-state index in [4.69, 9.17) is 4.74 Å². The minimum atomic E-state index is -0.433. The number of ether oxygens (including phenoxy) is 1. The van der Waals surface area contributed by atoms with E-state index in [-0.39, 0.29) is 29.2 Å². The summed E-state index contributed by atoms with van der Waals surface area (Å²) in [7, 11) is 0. The van der Waals surface area contributed by atoms with Gasteiger partial charge in [0.05, 0.1) is 0 Å². The largest absolute Gasteiger partial charge is 0.462 e. The first-order valence-electron chi connectivity index (χ1n) is 6.54. The minimum Gasteiger partial charge on any atom is -0.462 e. The molecule has 2 saturated carbocycles. The molecule has 2 aliphatic carbocycles. The average molecular weight is 252 g/mol. The lowest BCUT2D eigenvalue weighted by atomic mass is 9.71. The summed E-state index contributed by atoms with van der Waals surface area (Å²) >= 11 is 0. The lowest BCUT2D eigenvalue weighted by molar-refractivity contribution is -0.147. The lowest BCUT2D eigenvalue weighted by Crippen LogP contribution is -2.31. The van der Waals surface area contributed by atoms with Gasteiger partial charge in [-0.1, -0.05) is 13.8 Å². The monoisotopic (exact) mass is 252 g/mol. The Hall–Kier alpha value is -1.19. The van der Waals surface area contributed by atoms with E-state index < -0.39 is 5.41 Å². The smallest absolute Gasteiger partial charge is 0.302 e. The van der Waals surface area contributed by atoms with Gasteiger partial charge in [0.25, 0.3) is 0 Å². The summed E-state index contributed by atoms with van der Waals surface area (Å²) in [6, 6.07) is 0. The highest BCUT2D eigenvalue weighted by Crippen LogP contribution is 2.72. The van der Waals surface area contributed by atoms with E-state index in [0.29, 0.717) is 19.3 Å². The predicted molar refractivity (Wildman–Crippen MR) is 64.8 cm³/mol. The molecule has 2 aliphatic rings. The van der Waals surface area contributed by atoms with Gasteiger partial charge in [0, 0.05) is 31.1 Å². The third kappa shape index (κ3) is 1.78. The zero-order chi connectivity index (χ0) is 13.6. The molecule has 2 fully saturated rings. The van der Waals surface area contributed by atoms with Crippen LogP contribution in [0.1, 0.15) is 46.5 Å². The molecule has 4 atom stereocenters. The molecule has 0 radical (unpaired) electrons. The molecule has 0 N–H and O–H groups in total. The fourth-order valence-electron chi connectivity index (χ4n) is 3.65. The Morgan fingerprint density at radius 3 is 2.56 bits per heavy atom. The van der Waals surface area contributed by atoms with Crippen molar-refractivity contribution in [3.05, 3.63) is 0 Å². The van der Waals surface area contributed by atoms with Crippen LogP contribution in [0.15, 0.2) is 0 Å². The van der Waals surface area contributed by atoms with E-state index in [9.17, 15) is 14.4 Å². The van der Waals surface area contributed by atoms with E-state index in [1.807, 2.05) is 13.8 Å². The molecule has 0 amide bonds. The van der Waals surface area contributed by atoms with Crippen LogP contribution >= 0.6 is 0 Å². The second-order valence-electron chi connectivity index (χ2n) is 5.95. The van der Waals surface area contributed by atoms with E-state index >= 15 is 0 Å². The zero-order valence-corrected chi connectivity index (χ0v) is 11.2. The summed E-state index contributed by atoms with van der Waals surface area (Å²) in [6.07, 6.45) is 3.08. The predicted octanol–water partition coefficient (Wildman–Crippen LogP) is 1.90. The van der Waals surface area contributed by atoms with Crippen molar-refractivity contribution >= 4 is 18.0 Å². The lowest BCUT2D eigenvalue weighted by Gasteiger charge is -2.31. The Kier molecular flexibility index (Phi) is 3.07. The molecular formula is C14H20O4. The third-order valence-corrected chi connectivity index (χ3v) is 4.79. The molecule has 100 valence electrons. The van der Waals surface area contributed by atoms with Crippen molar-refractivity contribution in [2.45, 2.75) is 52.6 Å². The van der Waals surface area contributed by atoms with Gasteiger partial charge in [0.2, 0.25) is 0 Å². The van der Waals surface area contributed by atoms with Crippen LogP contribution in [0.3, 0.4) is 0 Å². The molecule has 4 nitrogen and oxygen atoms in total. The molecule has 18 heavy (non-hydrogen) atoms. The summed E-state index contributed by atoms with van der Waals surface area (Å²) in [5.74, 6) is -0.0147. The maximum atomic E-state index is 11.7. The van der Waals surface area contributed by atoms with E-state index in [1.165, 1.54) is 6.92 Å². The number of carbonyl (C=O) groups is 3. The van der Waals surface area contributed by atoms with Gasteiger partial charge in [-0.2, -0.15) is 0 Å². The van der Waals surface area contributed by atoms with Crippen LogP contribution in [-0.4, -0.2) is 24.1 Å². The van der Waals surface area contributed by atoms with E-state index in [2.05, 4.69) is 0 Å². The van der Waals surface area contributed by atoms with Gasteiger partial charge in [-0.3, -0.25) is 9.59 Å². The van der Waals surface area contributed by atoms with Gasteiger partial charge in [0.1, 0.15) is 18.2 Å². The van der Waals surface area contributed by atoms with Crippen LogP contribution in [0, 0.1) is 16.7 Å². The van der Waals surface area contributed by atoms with Crippen molar-refractivity contribution in [3.8, 4) is 0 Å². The number of esters is 1. The minimum absolute atomic E-state index is 0.119. The summed E-state index contributed by atoms with van der Waals surface area (Å²) in [4.78, 5) is 34.2. The molecule has 4 heteroatoms. The molecule has 2 rings (SSSR count). The Labute approximate surface area is 107 Å². The zero-order valence-electron chi connectivity index (χ0n) is 11.2. The number of Topliss-reactive ketones (excluding diaryl/α,β-unsaturated/α-hetero) is 1. The molecule has 0 aromatic carbocycles. The number of aldehydes is 1. The quantitative estimate of drug-likeness (QED) is 0.554. The number of ketones is 1. The summed E-state index contributed by atoms with van der Waals surface area (Å²) in [5.41, 5.74) is -0.773. The SMILES string of the molecule is CCC(=O)C[C@]1(C)C[C@H](OC(C)=O)[C@@H]2C[C@@]21C=O. The highest BCUT2D eigenvalue weighted by atomic mass is 16.5. The Morgan fingerprint density at radius 2 is 2.06 bits per heavy atom. The number of rotatable bonds is 5. The van der Waals surface area contributed by atoms with Crippen molar-refractivity contribution < 1.29 is 19.1 Å². The molecular weight excluding hydrogens is 232 g/mol.